The first-order valence-corrected chi connectivity index (χ1v) is 11.8. The van der Waals surface area contributed by atoms with Gasteiger partial charge in [-0.15, -0.1) is 0 Å². The summed E-state index contributed by atoms with van der Waals surface area (Å²) in [5.74, 6) is -0.710. The van der Waals surface area contributed by atoms with Gasteiger partial charge in [0.1, 0.15) is 0 Å². The Balaban J connectivity index is 1.36. The van der Waals surface area contributed by atoms with Crippen LogP contribution in [0.1, 0.15) is 35.2 Å². The molecule has 2 amide bonds. The van der Waals surface area contributed by atoms with E-state index in [-0.39, 0.29) is 11.8 Å². The molecule has 3 aliphatic rings. The fourth-order valence-corrected chi connectivity index (χ4v) is 4.79. The molecular weight excluding hydrogens is 414 g/mol. The lowest BCUT2D eigenvalue weighted by Gasteiger charge is -2.34. The summed E-state index contributed by atoms with van der Waals surface area (Å²) in [4.78, 5) is 32.2. The average molecular weight is 446 g/mol. The third kappa shape index (κ3) is 4.59. The molecule has 0 radical (unpaired) electrons. The molecule has 2 saturated heterocycles. The van der Waals surface area contributed by atoms with E-state index in [2.05, 4.69) is 44.5 Å². The van der Waals surface area contributed by atoms with Crippen LogP contribution in [0.25, 0.3) is 5.57 Å². The zero-order chi connectivity index (χ0) is 22.8. The van der Waals surface area contributed by atoms with Gasteiger partial charge >= 0.3 is 0 Å². The number of hydrogen-bond acceptors (Lipinski definition) is 6. The Morgan fingerprint density at radius 3 is 2.15 bits per heavy atom. The summed E-state index contributed by atoms with van der Waals surface area (Å²) in [6, 6.07) is 14.1. The van der Waals surface area contributed by atoms with Gasteiger partial charge in [-0.05, 0) is 68.8 Å². The van der Waals surface area contributed by atoms with Gasteiger partial charge in [-0.2, -0.15) is 0 Å². The first-order chi connectivity index (χ1) is 16.1. The van der Waals surface area contributed by atoms with Gasteiger partial charge in [0.25, 0.3) is 11.8 Å². The van der Waals surface area contributed by atoms with Gasteiger partial charge in [0.05, 0.1) is 5.57 Å². The van der Waals surface area contributed by atoms with Gasteiger partial charge in [0, 0.05) is 73.7 Å². The van der Waals surface area contributed by atoms with E-state index in [0.29, 0.717) is 16.7 Å². The maximum absolute atomic E-state index is 12.7. The Kier molecular flexibility index (Phi) is 6.05. The van der Waals surface area contributed by atoms with Crippen LogP contribution in [0.2, 0.25) is 0 Å². The molecule has 0 atom stereocenters. The Morgan fingerprint density at radius 2 is 1.42 bits per heavy atom. The number of carbonyl (C=O) groups is 2. The number of likely N-dealkylation sites (N-methyl/N-ethyl adjacent to an activating group) is 1. The van der Waals surface area contributed by atoms with Crippen molar-refractivity contribution in [1.29, 1.82) is 0 Å². The smallest absolute Gasteiger partial charge is 0.260 e. The fourth-order valence-electron chi connectivity index (χ4n) is 4.79. The van der Waals surface area contributed by atoms with E-state index >= 15 is 0 Å². The topological polar surface area (TPSA) is 67.9 Å². The molecule has 0 spiro atoms. The minimum atomic E-state index is -0.371. The first-order valence-electron chi connectivity index (χ1n) is 11.8. The maximum Gasteiger partial charge on any atom is 0.260 e. The molecular formula is C26H31N5O2. The van der Waals surface area contributed by atoms with E-state index < -0.39 is 0 Å². The third-order valence-electron chi connectivity index (χ3n) is 6.85. The third-order valence-corrected chi connectivity index (χ3v) is 6.85. The lowest BCUT2D eigenvalue weighted by Crippen LogP contribution is -2.44. The zero-order valence-electron chi connectivity index (χ0n) is 19.1. The highest BCUT2D eigenvalue weighted by Crippen LogP contribution is 2.30. The van der Waals surface area contributed by atoms with Crippen molar-refractivity contribution in [2.24, 2.45) is 0 Å². The van der Waals surface area contributed by atoms with Gasteiger partial charge in [-0.3, -0.25) is 14.9 Å². The molecule has 0 aliphatic carbocycles. The minimum Gasteiger partial charge on any atom is -0.372 e. The molecule has 2 aromatic carbocycles. The molecule has 7 heteroatoms. The number of piperazine rings is 1. The van der Waals surface area contributed by atoms with Crippen LogP contribution in [0.3, 0.4) is 0 Å². The van der Waals surface area contributed by atoms with Crippen LogP contribution in [-0.2, 0) is 4.79 Å². The second-order valence-corrected chi connectivity index (χ2v) is 9.10. The van der Waals surface area contributed by atoms with Crippen molar-refractivity contribution in [2.45, 2.75) is 19.3 Å². The highest BCUT2D eigenvalue weighted by molar-refractivity contribution is 6.31. The normalized spacial score (nSPS) is 20.6. The Labute approximate surface area is 195 Å². The van der Waals surface area contributed by atoms with E-state index in [4.69, 9.17) is 0 Å². The number of rotatable bonds is 4. The van der Waals surface area contributed by atoms with Gasteiger partial charge in [0.2, 0.25) is 0 Å². The maximum atomic E-state index is 12.7. The highest BCUT2D eigenvalue weighted by atomic mass is 16.2. The van der Waals surface area contributed by atoms with Crippen molar-refractivity contribution in [3.63, 3.8) is 0 Å². The van der Waals surface area contributed by atoms with Crippen molar-refractivity contribution in [2.75, 3.05) is 61.4 Å². The Bertz CT molecular complexity index is 1060. The number of nitrogens with one attached hydrogen (secondary N) is 2. The summed E-state index contributed by atoms with van der Waals surface area (Å²) in [6.07, 6.45) is 5.31. The van der Waals surface area contributed by atoms with Crippen LogP contribution >= 0.6 is 0 Å². The van der Waals surface area contributed by atoms with E-state index in [1.165, 1.54) is 24.9 Å². The van der Waals surface area contributed by atoms with Crippen LogP contribution in [0.5, 0.6) is 0 Å². The van der Waals surface area contributed by atoms with E-state index in [1.807, 2.05) is 30.3 Å². The first kappa shape index (κ1) is 21.5. The number of anilines is 3. The van der Waals surface area contributed by atoms with Crippen molar-refractivity contribution in [3.8, 4) is 0 Å². The summed E-state index contributed by atoms with van der Waals surface area (Å²) in [5.41, 5.74) is 4.88. The van der Waals surface area contributed by atoms with Crippen molar-refractivity contribution < 1.29 is 9.59 Å². The standard InChI is InChI=1S/C26H31N5O2/c1-29-13-15-31(16-14-29)20-7-5-19(6-8-20)27-18-24-23-17-21(30-11-3-2-4-12-30)9-10-22(23)25(32)28-26(24)33/h5-10,17-18,27H,2-4,11-16H2,1H3,(H,28,32,33)/b24-18-. The van der Waals surface area contributed by atoms with Crippen LogP contribution in [0.15, 0.2) is 48.7 Å². The van der Waals surface area contributed by atoms with Crippen molar-refractivity contribution in [3.05, 3.63) is 59.8 Å². The summed E-state index contributed by atoms with van der Waals surface area (Å²) in [5, 5.41) is 5.73. The molecule has 0 saturated carbocycles. The van der Waals surface area contributed by atoms with E-state index in [0.717, 1.165) is 50.6 Å². The summed E-state index contributed by atoms with van der Waals surface area (Å²) < 4.78 is 0. The number of nitrogens with zero attached hydrogens (tertiary/aromatic N) is 3. The molecule has 2 N–H and O–H groups in total. The molecule has 7 nitrogen and oxygen atoms in total. The highest BCUT2D eigenvalue weighted by Gasteiger charge is 2.28. The fraction of sp³-hybridized carbons (Fsp3) is 0.385. The summed E-state index contributed by atoms with van der Waals surface area (Å²) in [7, 11) is 2.15. The van der Waals surface area contributed by atoms with Crippen LogP contribution < -0.4 is 20.4 Å². The number of benzene rings is 2. The Hall–Kier alpha value is -3.32. The van der Waals surface area contributed by atoms with Crippen LogP contribution in [0.4, 0.5) is 17.1 Å². The van der Waals surface area contributed by atoms with Crippen molar-refractivity contribution >= 4 is 34.4 Å². The number of fused-ring (bicyclic) bond motifs is 1. The van der Waals surface area contributed by atoms with Crippen molar-refractivity contribution in [1.82, 2.24) is 10.2 Å². The van der Waals surface area contributed by atoms with Crippen LogP contribution in [-0.4, -0.2) is 63.0 Å². The average Bonchev–Trinajstić information content (AvgIpc) is 2.85. The van der Waals surface area contributed by atoms with Gasteiger partial charge in [-0.1, -0.05) is 0 Å². The molecule has 5 rings (SSSR count). The number of piperidine rings is 1. The predicted molar refractivity (Wildman–Crippen MR) is 133 cm³/mol. The number of hydrogen-bond donors (Lipinski definition) is 2. The van der Waals surface area contributed by atoms with Gasteiger partial charge in [-0.25, -0.2) is 0 Å². The second kappa shape index (κ2) is 9.27. The Morgan fingerprint density at radius 1 is 0.758 bits per heavy atom. The molecule has 33 heavy (non-hydrogen) atoms. The minimum absolute atomic E-state index is 0.339. The number of carbonyl (C=O) groups excluding carboxylic acids is 2. The van der Waals surface area contributed by atoms with E-state index in [9.17, 15) is 9.59 Å². The predicted octanol–water partition coefficient (Wildman–Crippen LogP) is 3.15. The van der Waals surface area contributed by atoms with Gasteiger partial charge < -0.3 is 20.0 Å². The summed E-state index contributed by atoms with van der Waals surface area (Å²) in [6.45, 7) is 6.21. The monoisotopic (exact) mass is 445 g/mol. The van der Waals surface area contributed by atoms with Gasteiger partial charge in [0.15, 0.2) is 0 Å². The quantitative estimate of drug-likeness (QED) is 0.557. The molecule has 3 heterocycles. The second-order valence-electron chi connectivity index (χ2n) is 9.10. The van der Waals surface area contributed by atoms with E-state index in [1.54, 1.807) is 6.20 Å². The lowest BCUT2D eigenvalue weighted by atomic mass is 9.94. The SMILES string of the molecule is CN1CCN(c2ccc(N/C=C3\C(=O)NC(=O)c4ccc(N5CCCCC5)cc43)cc2)CC1. The largest absolute Gasteiger partial charge is 0.372 e. The molecule has 0 bridgehead atoms. The molecule has 172 valence electrons. The van der Waals surface area contributed by atoms with Crippen LogP contribution in [0, 0.1) is 0 Å². The molecule has 0 unspecified atom stereocenters. The molecule has 2 fully saturated rings. The lowest BCUT2D eigenvalue weighted by molar-refractivity contribution is -0.114. The molecule has 0 aromatic heterocycles. The summed E-state index contributed by atoms with van der Waals surface area (Å²) >= 11 is 0. The number of imide groups is 1. The number of amides is 2. The zero-order valence-corrected chi connectivity index (χ0v) is 19.1. The molecule has 3 aliphatic heterocycles. The molecule has 2 aromatic rings.